The summed E-state index contributed by atoms with van der Waals surface area (Å²) in [6.07, 6.45) is 26.7. The molecule has 13 nitrogen and oxygen atoms in total. The largest absolute Gasteiger partial charge is 0.466 e. The van der Waals surface area contributed by atoms with E-state index in [-0.39, 0.29) is 30.6 Å². The highest BCUT2D eigenvalue weighted by Gasteiger charge is 2.18. The van der Waals surface area contributed by atoms with E-state index in [4.69, 9.17) is 26.2 Å². The molecule has 0 bridgehead atoms. The number of ether oxygens (including phenoxy) is 3. The summed E-state index contributed by atoms with van der Waals surface area (Å²) in [7, 11) is 0. The molecule has 3 fully saturated rings. The number of esters is 1. The molecule has 0 radical (unpaired) electrons. The van der Waals surface area contributed by atoms with Crippen LogP contribution in [0.1, 0.15) is 188 Å². The van der Waals surface area contributed by atoms with Crippen LogP contribution in [0.15, 0.2) is 72.8 Å². The van der Waals surface area contributed by atoms with Gasteiger partial charge in [0.05, 0.1) is 12.7 Å². The second-order valence-corrected chi connectivity index (χ2v) is 22.3. The van der Waals surface area contributed by atoms with Crippen LogP contribution in [-0.2, 0) is 38.3 Å². The Labute approximate surface area is 484 Å². The number of hydrogen-bond donors (Lipinski definition) is 6. The number of nitrogen functional groups attached to an aromatic ring is 1. The molecular formula is C63H105Cl2N7O6. The number of nitriles is 1. The summed E-state index contributed by atoms with van der Waals surface area (Å²) in [6, 6.07) is 27.5. The van der Waals surface area contributed by atoms with Crippen LogP contribution in [0, 0.1) is 29.1 Å². The quantitative estimate of drug-likeness (QED) is 0.0233. The van der Waals surface area contributed by atoms with Gasteiger partial charge in [-0.1, -0.05) is 94.2 Å². The minimum Gasteiger partial charge on any atom is -0.466 e. The summed E-state index contributed by atoms with van der Waals surface area (Å²) < 4.78 is 14.8. The van der Waals surface area contributed by atoms with Crippen molar-refractivity contribution in [3.8, 4) is 6.07 Å². The number of amides is 2. The lowest BCUT2D eigenvalue weighted by molar-refractivity contribution is -0.140. The summed E-state index contributed by atoms with van der Waals surface area (Å²) in [5.41, 5.74) is 17.5. The first-order valence-electron chi connectivity index (χ1n) is 28.9. The number of carbonyl (C=O) groups is 3. The molecule has 3 aliphatic carbocycles. The van der Waals surface area contributed by atoms with Gasteiger partial charge in [-0.05, 0) is 197 Å². The van der Waals surface area contributed by atoms with Gasteiger partial charge in [-0.15, -0.1) is 24.0 Å². The van der Waals surface area contributed by atoms with Gasteiger partial charge in [-0.2, -0.15) is 5.26 Å². The molecule has 0 aliphatic heterocycles. The van der Waals surface area contributed by atoms with Crippen LogP contribution in [0.4, 0.5) is 26.7 Å². The molecule has 3 aromatic carbocycles. The van der Waals surface area contributed by atoms with E-state index in [0.717, 1.165) is 88.5 Å². The van der Waals surface area contributed by atoms with Crippen molar-refractivity contribution in [1.82, 2.24) is 10.6 Å². The number of halogens is 2. The summed E-state index contributed by atoms with van der Waals surface area (Å²) in [5.74, 6) is 1.89. The number of anilines is 3. The highest BCUT2D eigenvalue weighted by molar-refractivity contribution is 6.15. The Kier molecular flexibility index (Phi) is 42.1. The molecule has 6 rings (SSSR count). The molecule has 3 aromatic rings. The van der Waals surface area contributed by atoms with Crippen molar-refractivity contribution >= 4 is 59.2 Å². The lowest BCUT2D eigenvalue weighted by Gasteiger charge is -2.22. The Morgan fingerprint density at radius 2 is 1.00 bits per heavy atom. The molecule has 8 N–H and O–H groups in total. The van der Waals surface area contributed by atoms with Gasteiger partial charge < -0.3 is 46.9 Å². The summed E-state index contributed by atoms with van der Waals surface area (Å²) in [4.78, 5) is 32.8. The number of hydrogen-bond acceptors (Lipinski definition) is 11. The number of nitrogens with one attached hydrogen (secondary N) is 4. The van der Waals surface area contributed by atoms with E-state index >= 15 is 0 Å². The fraction of sp³-hybridized carbons (Fsp3) is 0.651. The van der Waals surface area contributed by atoms with Gasteiger partial charge in [0.25, 0.3) is 0 Å². The van der Waals surface area contributed by atoms with E-state index in [2.05, 4.69) is 92.2 Å². The van der Waals surface area contributed by atoms with Crippen LogP contribution in [0.25, 0.3) is 0 Å². The summed E-state index contributed by atoms with van der Waals surface area (Å²) >= 11 is 4.64. The predicted molar refractivity (Wildman–Crippen MR) is 330 cm³/mol. The Balaban J connectivity index is 0.00000100. The maximum atomic E-state index is 11.6. The van der Waals surface area contributed by atoms with E-state index < -0.39 is 11.2 Å². The highest BCUT2D eigenvalue weighted by Crippen LogP contribution is 2.26. The van der Waals surface area contributed by atoms with Crippen LogP contribution < -0.4 is 32.7 Å². The van der Waals surface area contributed by atoms with Crippen molar-refractivity contribution in [2.75, 3.05) is 62.1 Å². The lowest BCUT2D eigenvalue weighted by atomic mass is 9.89. The van der Waals surface area contributed by atoms with Crippen molar-refractivity contribution in [1.29, 1.82) is 5.26 Å². The topological polar surface area (TPSA) is 203 Å². The molecule has 0 spiro atoms. The van der Waals surface area contributed by atoms with Crippen molar-refractivity contribution in [3.63, 3.8) is 0 Å². The first-order valence-corrected chi connectivity index (χ1v) is 29.7. The zero-order chi connectivity index (χ0) is 57.2. The first-order chi connectivity index (χ1) is 36.9. The van der Waals surface area contributed by atoms with Gasteiger partial charge in [-0.3, -0.25) is 4.79 Å². The summed E-state index contributed by atoms with van der Waals surface area (Å²) in [6.45, 7) is 19.1. The number of alkyl halides is 1. The number of nitrogens with zero attached hydrogens (tertiary/aromatic N) is 1. The normalized spacial score (nSPS) is 14.4. The Morgan fingerprint density at radius 3 is 1.33 bits per heavy atom. The van der Waals surface area contributed by atoms with Gasteiger partial charge >= 0.3 is 18.2 Å². The molecule has 0 aromatic heterocycles. The monoisotopic (exact) mass is 1130 g/mol. The number of benzene rings is 3. The van der Waals surface area contributed by atoms with Crippen LogP contribution >= 0.6 is 24.0 Å². The molecule has 3 saturated carbocycles. The molecule has 78 heavy (non-hydrogen) atoms. The van der Waals surface area contributed by atoms with E-state index in [1.165, 1.54) is 125 Å². The fourth-order valence-corrected chi connectivity index (χ4v) is 9.06. The van der Waals surface area contributed by atoms with Crippen molar-refractivity contribution < 1.29 is 28.6 Å². The number of carbonyl (C=O) groups excluding carboxylic acids is 3. The van der Waals surface area contributed by atoms with Gasteiger partial charge in [0.2, 0.25) is 0 Å². The molecule has 442 valence electrons. The smallest absolute Gasteiger partial charge is 0.407 e. The first kappa shape index (κ1) is 73.1. The number of aryl methyl sites for hydroxylation is 3. The second kappa shape index (κ2) is 44.9. The maximum Gasteiger partial charge on any atom is 0.407 e. The van der Waals surface area contributed by atoms with Gasteiger partial charge in [-0.25, -0.2) is 9.59 Å². The third kappa shape index (κ3) is 41.2. The van der Waals surface area contributed by atoms with E-state index in [1.807, 2.05) is 65.8 Å². The van der Waals surface area contributed by atoms with E-state index in [1.54, 1.807) is 6.92 Å². The van der Waals surface area contributed by atoms with Crippen LogP contribution in [0.3, 0.4) is 0 Å². The third-order valence-corrected chi connectivity index (χ3v) is 12.9. The van der Waals surface area contributed by atoms with Gasteiger partial charge in [0, 0.05) is 62.5 Å². The average Bonchev–Trinajstić information content (AvgIpc) is 3.41. The molecule has 0 atom stereocenters. The molecule has 0 heterocycles. The molecule has 2 amide bonds. The minimum absolute atomic E-state index is 0. The van der Waals surface area contributed by atoms with Gasteiger partial charge in [0.15, 0.2) is 0 Å². The fourth-order valence-electron chi connectivity index (χ4n) is 9.06. The summed E-state index contributed by atoms with van der Waals surface area (Å²) in [5, 5.41) is 21.2. The van der Waals surface area contributed by atoms with Crippen molar-refractivity contribution in [3.05, 3.63) is 89.5 Å². The Bertz CT molecular complexity index is 2040. The molecule has 3 aliphatic rings. The molecule has 0 unspecified atom stereocenters. The van der Waals surface area contributed by atoms with Crippen LogP contribution in [0.2, 0.25) is 0 Å². The molecule has 15 heteroatoms. The molecule has 0 saturated heterocycles. The molecular weight excluding hydrogens is 1020 g/mol. The Morgan fingerprint density at radius 1 is 0.615 bits per heavy atom. The maximum absolute atomic E-state index is 11.6. The van der Waals surface area contributed by atoms with Crippen molar-refractivity contribution in [2.45, 2.75) is 201 Å². The van der Waals surface area contributed by atoms with Gasteiger partial charge in [0.1, 0.15) is 11.2 Å². The van der Waals surface area contributed by atoms with Crippen LogP contribution in [0.5, 0.6) is 0 Å². The Hall–Kier alpha value is -4.90. The highest BCUT2D eigenvalue weighted by atomic mass is 35.5. The number of rotatable bonds is 18. The predicted octanol–water partition coefficient (Wildman–Crippen LogP) is 15.4. The minimum atomic E-state index is -0.446. The van der Waals surface area contributed by atoms with E-state index in [9.17, 15) is 14.4 Å². The van der Waals surface area contributed by atoms with Crippen molar-refractivity contribution in [2.24, 2.45) is 23.5 Å². The SMILES string of the molecule is CC(C)(C)OC(=O)NCCCc1cccc(N)c1.CC(C)(C)OC(=O)NCCCc1cccc(NCC2CCCCC2)c1.CCOC(C)=O.CCl.Cl.N#CC1CCCCC1.NCCCc1cccc(NCC2CCCCC2)c1. The number of nitrogens with two attached hydrogens (primary N) is 2. The average molecular weight is 1130 g/mol. The zero-order valence-corrected chi connectivity index (χ0v) is 51.2. The third-order valence-electron chi connectivity index (χ3n) is 12.9. The second-order valence-electron chi connectivity index (χ2n) is 22.3. The zero-order valence-electron chi connectivity index (χ0n) is 49.6. The van der Waals surface area contributed by atoms with Crippen LogP contribution in [-0.4, -0.2) is 75.1 Å². The number of alkyl carbamates (subject to hydrolysis) is 2. The standard InChI is InChI=1S/C21H34N2O2.C16H26N2.C14H22N2O2.C7H11N.C4H8O2.CH3Cl.ClH/c1-21(2,3)25-20(24)22-14-8-12-17-11-7-13-19(15-17)23-16-18-9-5-4-6-10-18;17-11-5-9-14-8-4-10-16(12-14)18-13-15-6-2-1-3-7-15;1-14(2,3)18-13(17)16-9-5-7-11-6-4-8-12(15)10-11;8-6-7-4-2-1-3-5-7;1-3-6-4(2)5;1-2;/h7,11,13,15,18,23H,4-6,8-10,12,14,16H2,1-3H3,(H,22,24);4,8,10,12,15,18H,1-3,5-7,9,11,13,17H2;4,6,8,10H,5,7,9,15H2,1-3H3,(H,16,17);7H,1-5H2;3H2,1-2H3;1H3;1H. The van der Waals surface area contributed by atoms with E-state index in [0.29, 0.717) is 25.6 Å². The lowest BCUT2D eigenvalue weighted by Crippen LogP contribution is -2.33.